The molecule has 0 N–H and O–H groups in total. The van der Waals surface area contributed by atoms with E-state index < -0.39 is 10.8 Å². The molecule has 8 nitrogen and oxygen atoms in total. The summed E-state index contributed by atoms with van der Waals surface area (Å²) in [6.07, 6.45) is 5.46. The van der Waals surface area contributed by atoms with Crippen molar-refractivity contribution < 1.29 is 19.2 Å². The van der Waals surface area contributed by atoms with Crippen LogP contribution in [0.15, 0.2) is 35.3 Å². The maximum Gasteiger partial charge on any atom is 0.286 e. The van der Waals surface area contributed by atoms with Gasteiger partial charge < -0.3 is 14.0 Å². The molecule has 1 amide bonds. The lowest BCUT2D eigenvalue weighted by molar-refractivity contribution is -0.385. The number of benzene rings is 2. The molecule has 28 heavy (non-hydrogen) atoms. The van der Waals surface area contributed by atoms with Crippen LogP contribution in [-0.4, -0.2) is 22.2 Å². The number of hydrogen-bond acceptors (Lipinski definition) is 6. The molecule has 2 heterocycles. The number of carbonyl (C=O) groups is 1. The highest BCUT2D eigenvalue weighted by molar-refractivity contribution is 7.16. The molecule has 0 bridgehead atoms. The summed E-state index contributed by atoms with van der Waals surface area (Å²) in [5.74, 6) is 2.89. The maximum absolute atomic E-state index is 12.7. The molecule has 1 aliphatic heterocycles. The van der Waals surface area contributed by atoms with Crippen molar-refractivity contribution in [3.8, 4) is 23.8 Å². The zero-order valence-corrected chi connectivity index (χ0v) is 15.6. The molecule has 1 aliphatic rings. The van der Waals surface area contributed by atoms with Crippen LogP contribution in [0.4, 0.5) is 5.69 Å². The fourth-order valence-corrected chi connectivity index (χ4v) is 3.98. The van der Waals surface area contributed by atoms with Crippen LogP contribution < -0.4 is 14.3 Å². The van der Waals surface area contributed by atoms with E-state index in [0.717, 1.165) is 10.2 Å². The Morgan fingerprint density at radius 2 is 2.11 bits per heavy atom. The molecule has 0 spiro atoms. The van der Waals surface area contributed by atoms with Crippen molar-refractivity contribution in [2.24, 2.45) is 4.99 Å². The Labute approximate surface area is 166 Å². The van der Waals surface area contributed by atoms with Crippen molar-refractivity contribution in [3.63, 3.8) is 0 Å². The number of halogens is 1. The Bertz CT molecular complexity index is 1250. The van der Waals surface area contributed by atoms with E-state index in [1.165, 1.54) is 29.5 Å². The second-order valence-corrected chi connectivity index (χ2v) is 7.13. The summed E-state index contributed by atoms with van der Waals surface area (Å²) in [6, 6.07) is 7.28. The van der Waals surface area contributed by atoms with Crippen molar-refractivity contribution in [2.75, 3.05) is 6.79 Å². The molecule has 1 aromatic heterocycles. The van der Waals surface area contributed by atoms with E-state index in [-0.39, 0.29) is 29.6 Å². The van der Waals surface area contributed by atoms with Crippen LogP contribution in [-0.2, 0) is 6.54 Å². The van der Waals surface area contributed by atoms with Gasteiger partial charge in [0.25, 0.3) is 11.6 Å². The number of ether oxygens (including phenoxy) is 2. The van der Waals surface area contributed by atoms with E-state index in [4.69, 9.17) is 27.5 Å². The molecule has 10 heteroatoms. The molecular formula is C18H10ClN3O5S. The van der Waals surface area contributed by atoms with Crippen molar-refractivity contribution >= 4 is 44.7 Å². The number of amides is 1. The molecule has 0 saturated heterocycles. The van der Waals surface area contributed by atoms with Crippen molar-refractivity contribution in [2.45, 2.75) is 6.54 Å². The lowest BCUT2D eigenvalue weighted by atomic mass is 10.2. The van der Waals surface area contributed by atoms with Gasteiger partial charge in [0.2, 0.25) is 6.79 Å². The zero-order chi connectivity index (χ0) is 19.8. The second kappa shape index (κ2) is 6.99. The van der Waals surface area contributed by atoms with Crippen molar-refractivity contribution in [1.29, 1.82) is 0 Å². The topological polar surface area (TPSA) is 96.0 Å². The van der Waals surface area contributed by atoms with Crippen LogP contribution in [0.1, 0.15) is 10.4 Å². The predicted molar refractivity (Wildman–Crippen MR) is 103 cm³/mol. The van der Waals surface area contributed by atoms with Gasteiger partial charge in [0.05, 0.1) is 21.7 Å². The number of nitro benzene ring substituents is 1. The third-order valence-electron chi connectivity index (χ3n) is 4.01. The van der Waals surface area contributed by atoms with Crippen LogP contribution in [0.3, 0.4) is 0 Å². The molecule has 2 aromatic carbocycles. The Hall–Kier alpha value is -3.35. The van der Waals surface area contributed by atoms with E-state index in [1.807, 2.05) is 0 Å². The minimum Gasteiger partial charge on any atom is -0.454 e. The Morgan fingerprint density at radius 3 is 2.82 bits per heavy atom. The summed E-state index contributed by atoms with van der Waals surface area (Å²) in [4.78, 5) is 27.6. The van der Waals surface area contributed by atoms with Crippen molar-refractivity contribution in [3.05, 3.63) is 55.8 Å². The van der Waals surface area contributed by atoms with E-state index in [9.17, 15) is 14.9 Å². The minimum atomic E-state index is -0.786. The molecule has 0 fully saturated rings. The Kier molecular flexibility index (Phi) is 4.50. The minimum absolute atomic E-state index is 0.135. The van der Waals surface area contributed by atoms with E-state index >= 15 is 0 Å². The van der Waals surface area contributed by atoms with Gasteiger partial charge in [-0.1, -0.05) is 28.9 Å². The van der Waals surface area contributed by atoms with E-state index in [2.05, 4.69) is 10.9 Å². The highest BCUT2D eigenvalue weighted by Crippen LogP contribution is 2.37. The van der Waals surface area contributed by atoms with Crippen LogP contribution >= 0.6 is 22.9 Å². The molecule has 140 valence electrons. The summed E-state index contributed by atoms with van der Waals surface area (Å²) in [7, 11) is 0. The first-order valence-electron chi connectivity index (χ1n) is 7.87. The standard InChI is InChI=1S/C18H10ClN3O5S/c1-2-5-21-13-7-14-15(27-9-26-14)8-16(13)28-18(21)20-17(23)11-6-10(19)3-4-12(11)22(24)25/h1,3-4,6-8H,5,9H2. The average Bonchev–Trinajstić information content (AvgIpc) is 3.24. The van der Waals surface area contributed by atoms with Gasteiger partial charge in [0, 0.05) is 23.2 Å². The molecule has 0 aliphatic carbocycles. The van der Waals surface area contributed by atoms with Gasteiger partial charge in [-0.05, 0) is 12.1 Å². The molecular weight excluding hydrogens is 406 g/mol. The predicted octanol–water partition coefficient (Wildman–Crippen LogP) is 3.37. The number of fused-ring (bicyclic) bond motifs is 2. The fraction of sp³-hybridized carbons (Fsp3) is 0.111. The summed E-state index contributed by atoms with van der Waals surface area (Å²) in [5.41, 5.74) is 0.152. The maximum atomic E-state index is 12.7. The third kappa shape index (κ3) is 3.09. The zero-order valence-electron chi connectivity index (χ0n) is 14.0. The summed E-state index contributed by atoms with van der Waals surface area (Å²) >= 11 is 7.11. The Balaban J connectivity index is 1.89. The first-order chi connectivity index (χ1) is 13.5. The molecule has 4 rings (SSSR count). The van der Waals surface area contributed by atoms with Crippen molar-refractivity contribution in [1.82, 2.24) is 4.57 Å². The van der Waals surface area contributed by atoms with Crippen LogP contribution in [0.2, 0.25) is 5.02 Å². The summed E-state index contributed by atoms with van der Waals surface area (Å²) < 4.78 is 13.2. The fourth-order valence-electron chi connectivity index (χ4n) is 2.77. The summed E-state index contributed by atoms with van der Waals surface area (Å²) in [5, 5.41) is 11.4. The first kappa shape index (κ1) is 18.0. The smallest absolute Gasteiger partial charge is 0.286 e. The number of hydrogen-bond donors (Lipinski definition) is 0. The van der Waals surface area contributed by atoms with Gasteiger partial charge in [-0.25, -0.2) is 0 Å². The largest absolute Gasteiger partial charge is 0.454 e. The molecule has 0 radical (unpaired) electrons. The number of nitrogens with zero attached hydrogens (tertiary/aromatic N) is 3. The van der Waals surface area contributed by atoms with Crippen LogP contribution in [0.25, 0.3) is 10.2 Å². The normalized spacial score (nSPS) is 12.9. The molecule has 0 unspecified atom stereocenters. The number of aromatic nitrogens is 1. The lowest BCUT2D eigenvalue weighted by Gasteiger charge is -2.02. The van der Waals surface area contributed by atoms with Crippen LogP contribution in [0.5, 0.6) is 11.5 Å². The third-order valence-corrected chi connectivity index (χ3v) is 5.29. The molecule has 3 aromatic rings. The van der Waals surface area contributed by atoms with E-state index in [1.54, 1.807) is 16.7 Å². The van der Waals surface area contributed by atoms with Gasteiger partial charge in [-0.2, -0.15) is 4.99 Å². The number of carbonyl (C=O) groups excluding carboxylic acids is 1. The lowest BCUT2D eigenvalue weighted by Crippen LogP contribution is -2.17. The SMILES string of the molecule is C#CCn1c(=NC(=O)c2cc(Cl)ccc2[N+](=O)[O-])sc2cc3c(cc21)OCO3. The molecule has 0 atom stereocenters. The van der Waals surface area contributed by atoms with E-state index in [0.29, 0.717) is 16.3 Å². The summed E-state index contributed by atoms with van der Waals surface area (Å²) in [6.45, 7) is 0.291. The highest BCUT2D eigenvalue weighted by atomic mass is 35.5. The van der Waals surface area contributed by atoms with Crippen LogP contribution in [0, 0.1) is 22.5 Å². The van der Waals surface area contributed by atoms with Gasteiger partial charge in [-0.15, -0.1) is 6.42 Å². The second-order valence-electron chi connectivity index (χ2n) is 5.68. The first-order valence-corrected chi connectivity index (χ1v) is 9.07. The van der Waals surface area contributed by atoms with Gasteiger partial charge >= 0.3 is 0 Å². The van der Waals surface area contributed by atoms with Gasteiger partial charge in [0.1, 0.15) is 5.56 Å². The Morgan fingerprint density at radius 1 is 1.36 bits per heavy atom. The average molecular weight is 416 g/mol. The number of nitro groups is 1. The monoisotopic (exact) mass is 415 g/mol. The number of rotatable bonds is 3. The number of thiazole rings is 1. The van der Waals surface area contributed by atoms with Gasteiger partial charge in [-0.3, -0.25) is 14.9 Å². The van der Waals surface area contributed by atoms with Gasteiger partial charge in [0.15, 0.2) is 16.3 Å². The highest BCUT2D eigenvalue weighted by Gasteiger charge is 2.22. The molecule has 0 saturated carbocycles. The number of terminal acetylenes is 1. The quantitative estimate of drug-likeness (QED) is 0.371.